The first-order valence-electron chi connectivity index (χ1n) is 9.08. The highest BCUT2D eigenvalue weighted by Gasteiger charge is 2.19. The summed E-state index contributed by atoms with van der Waals surface area (Å²) < 4.78 is 7.13. The van der Waals surface area contributed by atoms with Crippen molar-refractivity contribution in [1.82, 2.24) is 4.57 Å². The van der Waals surface area contributed by atoms with Crippen LogP contribution in [0.5, 0.6) is 5.75 Å². The molecule has 0 amide bonds. The summed E-state index contributed by atoms with van der Waals surface area (Å²) in [5, 5.41) is 12.0. The van der Waals surface area contributed by atoms with E-state index in [0.717, 1.165) is 22.0 Å². The van der Waals surface area contributed by atoms with Crippen LogP contribution in [0, 0.1) is 10.1 Å². The summed E-state index contributed by atoms with van der Waals surface area (Å²) in [5.41, 5.74) is 2.75. The van der Waals surface area contributed by atoms with E-state index in [9.17, 15) is 14.9 Å². The SMILES string of the molecule is COc1c(-c2ccccc2)c2ccccc2n(Cc2cccc([N+](=O)[O-])c2)c1=O. The maximum atomic E-state index is 13.3. The number of hydrogen-bond acceptors (Lipinski definition) is 4. The summed E-state index contributed by atoms with van der Waals surface area (Å²) in [6.45, 7) is 0.201. The summed E-state index contributed by atoms with van der Waals surface area (Å²) in [6, 6.07) is 23.5. The second-order valence-corrected chi connectivity index (χ2v) is 6.61. The lowest BCUT2D eigenvalue weighted by Gasteiger charge is -2.17. The van der Waals surface area contributed by atoms with E-state index < -0.39 is 4.92 Å². The van der Waals surface area contributed by atoms with Crippen LogP contribution in [0.2, 0.25) is 0 Å². The Morgan fingerprint density at radius 1 is 0.966 bits per heavy atom. The van der Waals surface area contributed by atoms with Crippen LogP contribution in [0.25, 0.3) is 22.0 Å². The van der Waals surface area contributed by atoms with E-state index in [1.807, 2.05) is 54.6 Å². The number of hydrogen-bond donors (Lipinski definition) is 0. The van der Waals surface area contributed by atoms with E-state index in [2.05, 4.69) is 0 Å². The summed E-state index contributed by atoms with van der Waals surface area (Å²) in [7, 11) is 1.48. The first-order valence-corrected chi connectivity index (χ1v) is 9.08. The lowest BCUT2D eigenvalue weighted by Crippen LogP contribution is -2.23. The smallest absolute Gasteiger partial charge is 0.294 e. The molecule has 6 heteroatoms. The first-order chi connectivity index (χ1) is 14.1. The van der Waals surface area contributed by atoms with Gasteiger partial charge in [-0.05, 0) is 17.2 Å². The number of fused-ring (bicyclic) bond motifs is 1. The molecule has 0 atom stereocenters. The van der Waals surface area contributed by atoms with Crippen LogP contribution in [0.15, 0.2) is 83.7 Å². The highest BCUT2D eigenvalue weighted by molar-refractivity contribution is 5.97. The molecule has 0 saturated heterocycles. The topological polar surface area (TPSA) is 74.4 Å². The maximum absolute atomic E-state index is 13.3. The van der Waals surface area contributed by atoms with Crippen molar-refractivity contribution in [3.05, 3.63) is 105 Å². The normalized spacial score (nSPS) is 10.8. The van der Waals surface area contributed by atoms with Crippen molar-refractivity contribution in [3.8, 4) is 16.9 Å². The van der Waals surface area contributed by atoms with Crippen molar-refractivity contribution >= 4 is 16.6 Å². The van der Waals surface area contributed by atoms with Gasteiger partial charge in [-0.1, -0.05) is 60.7 Å². The molecule has 0 fully saturated rings. The molecular weight excluding hydrogens is 368 g/mol. The summed E-state index contributed by atoms with van der Waals surface area (Å²) in [4.78, 5) is 24.0. The van der Waals surface area contributed by atoms with Gasteiger partial charge in [0.05, 0.1) is 24.1 Å². The Balaban J connectivity index is 1.97. The zero-order valence-corrected chi connectivity index (χ0v) is 15.7. The lowest BCUT2D eigenvalue weighted by atomic mass is 9.99. The number of benzene rings is 3. The highest BCUT2D eigenvalue weighted by Crippen LogP contribution is 2.34. The number of non-ortho nitro benzene ring substituents is 1. The van der Waals surface area contributed by atoms with E-state index in [1.165, 1.54) is 19.2 Å². The largest absolute Gasteiger partial charge is 0.491 e. The lowest BCUT2D eigenvalue weighted by molar-refractivity contribution is -0.384. The van der Waals surface area contributed by atoms with Gasteiger partial charge in [-0.3, -0.25) is 14.9 Å². The minimum atomic E-state index is -0.441. The fourth-order valence-electron chi connectivity index (χ4n) is 3.57. The van der Waals surface area contributed by atoms with E-state index in [4.69, 9.17) is 4.74 Å². The van der Waals surface area contributed by atoms with Crippen LogP contribution in [0.3, 0.4) is 0 Å². The second-order valence-electron chi connectivity index (χ2n) is 6.61. The predicted molar refractivity (Wildman–Crippen MR) is 112 cm³/mol. The fraction of sp³-hybridized carbons (Fsp3) is 0.0870. The molecule has 4 aromatic rings. The zero-order chi connectivity index (χ0) is 20.4. The van der Waals surface area contributed by atoms with Gasteiger partial charge >= 0.3 is 0 Å². The van der Waals surface area contributed by atoms with Crippen LogP contribution in [-0.2, 0) is 6.54 Å². The molecule has 0 radical (unpaired) electrons. The monoisotopic (exact) mass is 386 g/mol. The molecule has 6 nitrogen and oxygen atoms in total. The molecule has 0 aliphatic rings. The number of methoxy groups -OCH3 is 1. The van der Waals surface area contributed by atoms with Gasteiger partial charge < -0.3 is 9.30 Å². The van der Waals surface area contributed by atoms with Crippen molar-refractivity contribution < 1.29 is 9.66 Å². The molecule has 1 heterocycles. The van der Waals surface area contributed by atoms with E-state index in [1.54, 1.807) is 16.7 Å². The minimum absolute atomic E-state index is 0.00674. The summed E-state index contributed by atoms with van der Waals surface area (Å²) in [6.07, 6.45) is 0. The number of aromatic nitrogens is 1. The Hall–Kier alpha value is -3.93. The van der Waals surface area contributed by atoms with Crippen LogP contribution in [-0.4, -0.2) is 16.6 Å². The molecule has 4 rings (SSSR count). The van der Waals surface area contributed by atoms with Gasteiger partial charge in [0.1, 0.15) is 0 Å². The van der Waals surface area contributed by atoms with Crippen LogP contribution >= 0.6 is 0 Å². The molecule has 0 saturated carbocycles. The van der Waals surface area contributed by atoms with E-state index in [0.29, 0.717) is 5.56 Å². The Kier molecular flexibility index (Phi) is 4.83. The third kappa shape index (κ3) is 3.36. The number of para-hydroxylation sites is 1. The van der Waals surface area contributed by atoms with Gasteiger partial charge in [-0.2, -0.15) is 0 Å². The van der Waals surface area contributed by atoms with Crippen LogP contribution < -0.4 is 10.3 Å². The molecular formula is C23H18N2O4. The van der Waals surface area contributed by atoms with Crippen molar-refractivity contribution in [2.75, 3.05) is 7.11 Å². The quantitative estimate of drug-likeness (QED) is 0.370. The average Bonchev–Trinajstić information content (AvgIpc) is 2.76. The van der Waals surface area contributed by atoms with Gasteiger partial charge in [-0.25, -0.2) is 0 Å². The van der Waals surface area contributed by atoms with Crippen molar-refractivity contribution in [1.29, 1.82) is 0 Å². The Labute approximate surface area is 166 Å². The molecule has 0 spiro atoms. The fourth-order valence-corrected chi connectivity index (χ4v) is 3.57. The summed E-state index contributed by atoms with van der Waals surface area (Å²) in [5.74, 6) is 0.250. The van der Waals surface area contributed by atoms with Gasteiger partial charge in [-0.15, -0.1) is 0 Å². The molecule has 0 bridgehead atoms. The maximum Gasteiger partial charge on any atom is 0.294 e. The summed E-state index contributed by atoms with van der Waals surface area (Å²) >= 11 is 0. The molecule has 1 aromatic heterocycles. The van der Waals surface area contributed by atoms with E-state index in [-0.39, 0.29) is 23.5 Å². The molecule has 0 aliphatic carbocycles. The Morgan fingerprint density at radius 2 is 1.69 bits per heavy atom. The van der Waals surface area contributed by atoms with Gasteiger partial charge in [0.15, 0.2) is 5.75 Å². The molecule has 0 aliphatic heterocycles. The molecule has 144 valence electrons. The highest BCUT2D eigenvalue weighted by atomic mass is 16.6. The molecule has 3 aromatic carbocycles. The molecule has 0 N–H and O–H groups in total. The molecule has 0 unspecified atom stereocenters. The van der Waals surface area contributed by atoms with Gasteiger partial charge in [0, 0.05) is 23.1 Å². The van der Waals surface area contributed by atoms with Gasteiger partial charge in [0.25, 0.3) is 11.2 Å². The van der Waals surface area contributed by atoms with Crippen molar-refractivity contribution in [3.63, 3.8) is 0 Å². The van der Waals surface area contributed by atoms with Crippen LogP contribution in [0.4, 0.5) is 5.69 Å². The Bertz CT molecular complexity index is 1260. The zero-order valence-electron chi connectivity index (χ0n) is 15.7. The minimum Gasteiger partial charge on any atom is -0.491 e. The number of nitro benzene ring substituents is 1. The second kappa shape index (κ2) is 7.59. The number of rotatable bonds is 5. The van der Waals surface area contributed by atoms with Crippen LogP contribution in [0.1, 0.15) is 5.56 Å². The third-order valence-electron chi connectivity index (χ3n) is 4.86. The van der Waals surface area contributed by atoms with Crippen molar-refractivity contribution in [2.24, 2.45) is 0 Å². The number of ether oxygens (including phenoxy) is 1. The number of pyridine rings is 1. The molecule has 29 heavy (non-hydrogen) atoms. The van der Waals surface area contributed by atoms with Crippen molar-refractivity contribution in [2.45, 2.75) is 6.54 Å². The standard InChI is InChI=1S/C23H18N2O4/c1-29-22-21(17-9-3-2-4-10-17)19-12-5-6-13-20(19)24(23(22)26)15-16-8-7-11-18(14-16)25(27)28/h2-14H,15H2,1H3. The Morgan fingerprint density at radius 3 is 2.41 bits per heavy atom. The van der Waals surface area contributed by atoms with Gasteiger partial charge in [0.2, 0.25) is 0 Å². The average molecular weight is 386 g/mol. The number of nitrogens with zero attached hydrogens (tertiary/aromatic N) is 2. The third-order valence-corrected chi connectivity index (χ3v) is 4.86. The van der Waals surface area contributed by atoms with E-state index >= 15 is 0 Å². The number of nitro groups is 1. The first kappa shape index (κ1) is 18.4. The predicted octanol–water partition coefficient (Wildman–Crippen LogP) is 4.63.